The van der Waals surface area contributed by atoms with Crippen molar-refractivity contribution in [2.24, 2.45) is 5.92 Å². The normalized spacial score (nSPS) is 16.9. The first kappa shape index (κ1) is 19.6. The topological polar surface area (TPSA) is 3.24 Å². The quantitative estimate of drug-likeness (QED) is 0.563. The molecule has 140 valence electrons. The minimum absolute atomic E-state index is 0.404. The first-order valence-corrected chi connectivity index (χ1v) is 11.7. The van der Waals surface area contributed by atoms with E-state index in [1.807, 2.05) is 0 Å². The summed E-state index contributed by atoms with van der Waals surface area (Å²) in [5, 5.41) is 3.05. The number of nitrogens with zero attached hydrogens (tertiary/aromatic N) is 1. The van der Waals surface area contributed by atoms with Gasteiger partial charge in [-0.15, -0.1) is 0 Å². The maximum atomic E-state index is 2.82. The van der Waals surface area contributed by atoms with Crippen molar-refractivity contribution in [3.05, 3.63) is 60.7 Å². The molecule has 2 heteroatoms. The number of hydrogen-bond donors (Lipinski definition) is 0. The van der Waals surface area contributed by atoms with E-state index in [9.17, 15) is 0 Å². The lowest BCUT2D eigenvalue weighted by Crippen LogP contribution is -2.49. The Balaban J connectivity index is 2.12. The van der Waals surface area contributed by atoms with Crippen LogP contribution in [0.25, 0.3) is 0 Å². The summed E-state index contributed by atoms with van der Waals surface area (Å²) in [6, 6.07) is 23.7. The fourth-order valence-electron chi connectivity index (χ4n) is 4.68. The molecular formula is C24H34NP. The maximum Gasteiger partial charge on any atom is 0.0411 e. The third kappa shape index (κ3) is 4.38. The van der Waals surface area contributed by atoms with Crippen molar-refractivity contribution in [2.45, 2.75) is 71.2 Å². The maximum absolute atomic E-state index is 2.82. The average Bonchev–Trinajstić information content (AvgIpc) is 3.16. The third-order valence-corrected chi connectivity index (χ3v) is 8.58. The first-order valence-electron chi connectivity index (χ1n) is 10.3. The zero-order valence-corrected chi connectivity index (χ0v) is 17.7. The van der Waals surface area contributed by atoms with Gasteiger partial charge in [0.25, 0.3) is 0 Å². The number of rotatable bonds is 7. The van der Waals surface area contributed by atoms with E-state index >= 15 is 0 Å². The monoisotopic (exact) mass is 367 g/mol. The summed E-state index contributed by atoms with van der Waals surface area (Å²) < 4.78 is 0. The number of hydrogen-bond acceptors (Lipinski definition) is 1. The second-order valence-electron chi connectivity index (χ2n) is 8.13. The van der Waals surface area contributed by atoms with Gasteiger partial charge in [0.1, 0.15) is 0 Å². The summed E-state index contributed by atoms with van der Waals surface area (Å²) in [4.78, 5) is 2.82. The highest BCUT2D eigenvalue weighted by atomic mass is 31.1. The second-order valence-corrected chi connectivity index (χ2v) is 10.4. The van der Waals surface area contributed by atoms with Gasteiger partial charge in [0.05, 0.1) is 0 Å². The van der Waals surface area contributed by atoms with Crippen LogP contribution in [0.2, 0.25) is 0 Å². The predicted molar refractivity (Wildman–Crippen MR) is 117 cm³/mol. The van der Waals surface area contributed by atoms with Crippen LogP contribution in [-0.2, 0) is 0 Å². The number of benzene rings is 2. The Hall–Kier alpha value is -1.17. The van der Waals surface area contributed by atoms with Crippen LogP contribution in [0.3, 0.4) is 0 Å². The minimum Gasteiger partial charge on any atom is -0.291 e. The third-order valence-electron chi connectivity index (χ3n) is 5.65. The lowest BCUT2D eigenvalue weighted by molar-refractivity contribution is 0.124. The molecule has 1 aliphatic rings. The molecule has 1 aliphatic carbocycles. The second kappa shape index (κ2) is 9.16. The first-order chi connectivity index (χ1) is 12.6. The largest absolute Gasteiger partial charge is 0.291 e. The molecule has 0 bridgehead atoms. The van der Waals surface area contributed by atoms with Gasteiger partial charge in [-0.25, -0.2) is 0 Å². The molecule has 2 aromatic carbocycles. The van der Waals surface area contributed by atoms with E-state index in [0.717, 1.165) is 5.92 Å². The summed E-state index contributed by atoms with van der Waals surface area (Å²) in [6.07, 6.45) is 5.58. The molecule has 1 atom stereocenters. The highest BCUT2D eigenvalue weighted by Gasteiger charge is 2.39. The van der Waals surface area contributed by atoms with Crippen LogP contribution >= 0.6 is 7.92 Å². The lowest BCUT2D eigenvalue weighted by Gasteiger charge is -2.46. The molecule has 1 nitrogen and oxygen atoms in total. The molecule has 1 saturated carbocycles. The zero-order valence-electron chi connectivity index (χ0n) is 16.8. The van der Waals surface area contributed by atoms with Gasteiger partial charge in [0.15, 0.2) is 0 Å². The van der Waals surface area contributed by atoms with Crippen molar-refractivity contribution >= 4 is 18.5 Å². The van der Waals surface area contributed by atoms with Crippen LogP contribution in [0.1, 0.15) is 53.4 Å². The minimum atomic E-state index is -0.404. The van der Waals surface area contributed by atoms with Crippen molar-refractivity contribution < 1.29 is 0 Å². The predicted octanol–water partition coefficient (Wildman–Crippen LogP) is 5.75. The molecule has 1 fully saturated rings. The van der Waals surface area contributed by atoms with E-state index in [4.69, 9.17) is 0 Å². The van der Waals surface area contributed by atoms with Crippen LogP contribution in [0.5, 0.6) is 0 Å². The van der Waals surface area contributed by atoms with Crippen molar-refractivity contribution in [3.8, 4) is 0 Å². The van der Waals surface area contributed by atoms with E-state index < -0.39 is 7.92 Å². The molecule has 0 N–H and O–H groups in total. The smallest absolute Gasteiger partial charge is 0.0411 e. The van der Waals surface area contributed by atoms with Gasteiger partial charge in [-0.1, -0.05) is 73.5 Å². The molecular weight excluding hydrogens is 333 g/mol. The summed E-state index contributed by atoms with van der Waals surface area (Å²) in [6.45, 7) is 9.52. The van der Waals surface area contributed by atoms with Gasteiger partial charge in [-0.3, -0.25) is 4.90 Å². The molecule has 0 aliphatic heterocycles. The Bertz CT molecular complexity index is 599. The molecule has 0 aromatic heterocycles. The molecule has 1 unspecified atom stereocenters. The molecule has 0 saturated heterocycles. The molecule has 26 heavy (non-hydrogen) atoms. The Morgan fingerprint density at radius 3 is 1.54 bits per heavy atom. The Labute approximate surface area is 161 Å². The molecule has 0 amide bonds. The van der Waals surface area contributed by atoms with Crippen LogP contribution in [-0.4, -0.2) is 22.8 Å². The summed E-state index contributed by atoms with van der Waals surface area (Å²) >= 11 is 0. The molecule has 0 heterocycles. The van der Waals surface area contributed by atoms with Crippen molar-refractivity contribution in [3.63, 3.8) is 0 Å². The fourth-order valence-corrected chi connectivity index (χ4v) is 8.10. The average molecular weight is 368 g/mol. The van der Waals surface area contributed by atoms with Crippen molar-refractivity contribution in [2.75, 3.05) is 0 Å². The van der Waals surface area contributed by atoms with Crippen molar-refractivity contribution in [1.29, 1.82) is 0 Å². The Morgan fingerprint density at radius 1 is 0.731 bits per heavy atom. The molecule has 0 radical (unpaired) electrons. The van der Waals surface area contributed by atoms with E-state index in [2.05, 4.69) is 93.3 Å². The molecule has 3 rings (SSSR count). The zero-order chi connectivity index (χ0) is 18.5. The Kier molecular flexibility index (Phi) is 6.90. The van der Waals surface area contributed by atoms with Gasteiger partial charge < -0.3 is 0 Å². The SMILES string of the molecule is CC(C)N(C(C)C)C(C1CCCC1)P(c1ccccc1)c1ccccc1. The van der Waals surface area contributed by atoms with Crippen LogP contribution in [0.15, 0.2) is 60.7 Å². The van der Waals surface area contributed by atoms with Crippen LogP contribution in [0.4, 0.5) is 0 Å². The van der Waals surface area contributed by atoms with E-state index in [1.165, 1.54) is 36.3 Å². The van der Waals surface area contributed by atoms with Gasteiger partial charge in [0, 0.05) is 17.9 Å². The van der Waals surface area contributed by atoms with E-state index in [1.54, 1.807) is 0 Å². The van der Waals surface area contributed by atoms with Crippen LogP contribution in [0, 0.1) is 5.92 Å². The summed E-state index contributed by atoms with van der Waals surface area (Å²) in [5.41, 5.74) is 0. The fraction of sp³-hybridized carbons (Fsp3) is 0.500. The van der Waals surface area contributed by atoms with Crippen LogP contribution < -0.4 is 10.6 Å². The summed E-state index contributed by atoms with van der Waals surface area (Å²) in [5.74, 6) is 1.43. The van der Waals surface area contributed by atoms with Crippen molar-refractivity contribution in [1.82, 2.24) is 4.90 Å². The van der Waals surface area contributed by atoms with Gasteiger partial charge >= 0.3 is 0 Å². The van der Waals surface area contributed by atoms with E-state index in [0.29, 0.717) is 17.9 Å². The van der Waals surface area contributed by atoms with Gasteiger partial charge in [-0.05, 0) is 65.0 Å². The highest BCUT2D eigenvalue weighted by molar-refractivity contribution is 7.73. The van der Waals surface area contributed by atoms with Gasteiger partial charge in [-0.2, -0.15) is 0 Å². The standard InChI is InChI=1S/C24H34NP/c1-19(2)25(20(3)4)24(21-13-11-12-14-21)26(22-15-7-5-8-16-22)23-17-9-6-10-18-23/h5-10,15-21,24H,11-14H2,1-4H3. The molecule has 2 aromatic rings. The lowest BCUT2D eigenvalue weighted by atomic mass is 10.0. The summed E-state index contributed by atoms with van der Waals surface area (Å²) in [7, 11) is -0.404. The Morgan fingerprint density at radius 2 is 1.15 bits per heavy atom. The van der Waals surface area contributed by atoms with Gasteiger partial charge in [0.2, 0.25) is 0 Å². The van der Waals surface area contributed by atoms with E-state index in [-0.39, 0.29) is 0 Å². The molecule has 0 spiro atoms. The highest BCUT2D eigenvalue weighted by Crippen LogP contribution is 2.50.